The van der Waals surface area contributed by atoms with Crippen molar-refractivity contribution in [1.82, 2.24) is 4.98 Å². The number of benzene rings is 1. The van der Waals surface area contributed by atoms with Gasteiger partial charge in [0.25, 0.3) is 0 Å². The molecule has 0 unspecified atom stereocenters. The largest absolute Gasteiger partial charge is 0.482 e. The molecule has 21 heavy (non-hydrogen) atoms. The molecule has 0 N–H and O–H groups in total. The lowest BCUT2D eigenvalue weighted by Crippen LogP contribution is -2.15. The van der Waals surface area contributed by atoms with Gasteiger partial charge in [0.2, 0.25) is 0 Å². The van der Waals surface area contributed by atoms with Crippen LogP contribution in [0.1, 0.15) is 12.0 Å². The van der Waals surface area contributed by atoms with Crippen LogP contribution in [0.5, 0.6) is 5.75 Å². The van der Waals surface area contributed by atoms with Crippen molar-refractivity contribution in [2.24, 2.45) is 0 Å². The van der Waals surface area contributed by atoms with E-state index in [0.717, 1.165) is 22.9 Å². The minimum absolute atomic E-state index is 0.0749. The molecule has 0 radical (unpaired) electrons. The van der Waals surface area contributed by atoms with E-state index in [-0.39, 0.29) is 12.6 Å². The van der Waals surface area contributed by atoms with E-state index in [1.54, 1.807) is 18.3 Å². The van der Waals surface area contributed by atoms with Crippen LogP contribution in [0.2, 0.25) is 0 Å². The van der Waals surface area contributed by atoms with Gasteiger partial charge >= 0.3 is 5.97 Å². The van der Waals surface area contributed by atoms with Crippen molar-refractivity contribution in [2.75, 3.05) is 13.2 Å². The number of hydrogen-bond donors (Lipinski definition) is 0. The molecule has 0 aliphatic heterocycles. The van der Waals surface area contributed by atoms with E-state index in [4.69, 9.17) is 9.47 Å². The fourth-order valence-corrected chi connectivity index (χ4v) is 1.99. The molecular weight excluding hydrogens is 334 g/mol. The van der Waals surface area contributed by atoms with Crippen LogP contribution in [0, 0.1) is 0 Å². The Hall–Kier alpha value is -1.88. The third-order valence-electron chi connectivity index (χ3n) is 2.77. The zero-order valence-corrected chi connectivity index (χ0v) is 13.1. The highest BCUT2D eigenvalue weighted by Crippen LogP contribution is 2.15. The fraction of sp³-hybridized carbons (Fsp3) is 0.250. The average Bonchev–Trinajstić information content (AvgIpc) is 2.52. The van der Waals surface area contributed by atoms with Gasteiger partial charge in [0.15, 0.2) is 6.61 Å². The fourth-order valence-electron chi connectivity index (χ4n) is 1.72. The summed E-state index contributed by atoms with van der Waals surface area (Å²) in [7, 11) is 0. The van der Waals surface area contributed by atoms with Gasteiger partial charge in [-0.05, 0) is 48.7 Å². The number of carbonyl (C=O) groups excluding carboxylic acids is 1. The molecule has 0 fully saturated rings. The van der Waals surface area contributed by atoms with Crippen molar-refractivity contribution in [3.63, 3.8) is 0 Å². The average molecular weight is 350 g/mol. The van der Waals surface area contributed by atoms with Crippen LogP contribution in [0.3, 0.4) is 0 Å². The Morgan fingerprint density at radius 3 is 2.71 bits per heavy atom. The smallest absolute Gasteiger partial charge is 0.344 e. The molecular formula is C16H16BrNO3. The number of nitrogens with zero attached hydrogens (tertiary/aromatic N) is 1. The number of hydrogen-bond acceptors (Lipinski definition) is 4. The second-order valence-corrected chi connectivity index (χ2v) is 5.34. The predicted octanol–water partition coefficient (Wildman–Crippen LogP) is 3.40. The van der Waals surface area contributed by atoms with Gasteiger partial charge in [-0.2, -0.15) is 0 Å². The van der Waals surface area contributed by atoms with Crippen LogP contribution in [0.4, 0.5) is 0 Å². The van der Waals surface area contributed by atoms with E-state index in [1.807, 2.05) is 30.5 Å². The summed E-state index contributed by atoms with van der Waals surface area (Å²) < 4.78 is 11.4. The van der Waals surface area contributed by atoms with E-state index in [1.165, 1.54) is 0 Å². The number of pyridine rings is 1. The maximum atomic E-state index is 11.5. The maximum absolute atomic E-state index is 11.5. The third-order valence-corrected chi connectivity index (χ3v) is 3.29. The van der Waals surface area contributed by atoms with Gasteiger partial charge in [0.1, 0.15) is 5.75 Å². The van der Waals surface area contributed by atoms with Gasteiger partial charge in [0.05, 0.1) is 6.61 Å². The van der Waals surface area contributed by atoms with E-state index in [9.17, 15) is 4.79 Å². The Bertz CT molecular complexity index is 557. The summed E-state index contributed by atoms with van der Waals surface area (Å²) >= 11 is 3.34. The lowest BCUT2D eigenvalue weighted by Gasteiger charge is -2.07. The van der Waals surface area contributed by atoms with Crippen LogP contribution in [0.25, 0.3) is 0 Å². The highest BCUT2D eigenvalue weighted by molar-refractivity contribution is 9.10. The second kappa shape index (κ2) is 8.42. The normalized spacial score (nSPS) is 10.1. The Balaban J connectivity index is 1.60. The summed E-state index contributed by atoms with van der Waals surface area (Å²) in [4.78, 5) is 15.6. The Morgan fingerprint density at radius 2 is 2.00 bits per heavy atom. The van der Waals surface area contributed by atoms with E-state index in [0.29, 0.717) is 12.4 Å². The first kappa shape index (κ1) is 15.5. The summed E-state index contributed by atoms with van der Waals surface area (Å²) in [6.45, 7) is 0.311. The van der Waals surface area contributed by atoms with Crippen molar-refractivity contribution in [3.8, 4) is 5.75 Å². The van der Waals surface area contributed by atoms with Gasteiger partial charge in [0, 0.05) is 16.9 Å². The predicted molar refractivity (Wildman–Crippen MR) is 83.2 cm³/mol. The highest BCUT2D eigenvalue weighted by Gasteiger charge is 2.04. The third kappa shape index (κ3) is 5.95. The zero-order valence-electron chi connectivity index (χ0n) is 11.5. The number of carbonyl (C=O) groups is 1. The van der Waals surface area contributed by atoms with E-state index in [2.05, 4.69) is 20.9 Å². The van der Waals surface area contributed by atoms with Crippen LogP contribution < -0.4 is 4.74 Å². The standard InChI is InChI=1S/C16H16BrNO3/c17-14-5-7-15(8-6-14)21-12-16(19)20-10-2-4-13-3-1-9-18-11-13/h1,3,5-9,11H,2,4,10,12H2. The lowest BCUT2D eigenvalue weighted by molar-refractivity contribution is -0.146. The summed E-state index contributed by atoms with van der Waals surface area (Å²) in [5.74, 6) is 0.287. The minimum atomic E-state index is -0.357. The first-order valence-electron chi connectivity index (χ1n) is 6.67. The van der Waals surface area contributed by atoms with Gasteiger partial charge in [-0.3, -0.25) is 4.98 Å². The SMILES string of the molecule is O=C(COc1ccc(Br)cc1)OCCCc1cccnc1. The molecule has 0 saturated heterocycles. The van der Waals surface area contributed by atoms with Crippen molar-refractivity contribution in [2.45, 2.75) is 12.8 Å². The van der Waals surface area contributed by atoms with Gasteiger partial charge in [-0.1, -0.05) is 22.0 Å². The molecule has 0 bridgehead atoms. The number of rotatable bonds is 7. The summed E-state index contributed by atoms with van der Waals surface area (Å²) in [5.41, 5.74) is 1.14. The molecule has 0 atom stereocenters. The van der Waals surface area contributed by atoms with E-state index < -0.39 is 0 Å². The monoisotopic (exact) mass is 349 g/mol. The summed E-state index contributed by atoms with van der Waals surface area (Å²) in [5, 5.41) is 0. The lowest BCUT2D eigenvalue weighted by atomic mass is 10.2. The molecule has 2 rings (SSSR count). The molecule has 0 aliphatic rings. The van der Waals surface area contributed by atoms with Crippen molar-refractivity contribution in [1.29, 1.82) is 0 Å². The van der Waals surface area contributed by atoms with Gasteiger partial charge < -0.3 is 9.47 Å². The molecule has 0 saturated carbocycles. The first-order chi connectivity index (χ1) is 10.2. The number of aryl methyl sites for hydroxylation is 1. The number of esters is 1. The maximum Gasteiger partial charge on any atom is 0.344 e. The van der Waals surface area contributed by atoms with Crippen LogP contribution in [-0.2, 0) is 16.0 Å². The number of aromatic nitrogens is 1. The molecule has 1 heterocycles. The highest BCUT2D eigenvalue weighted by atomic mass is 79.9. The van der Waals surface area contributed by atoms with Crippen molar-refractivity contribution >= 4 is 21.9 Å². The quantitative estimate of drug-likeness (QED) is 0.567. The molecule has 0 aliphatic carbocycles. The van der Waals surface area contributed by atoms with Gasteiger partial charge in [-0.25, -0.2) is 4.79 Å². The molecule has 2 aromatic rings. The molecule has 1 aromatic heterocycles. The summed E-state index contributed by atoms with van der Waals surface area (Å²) in [6, 6.07) is 11.2. The second-order valence-electron chi connectivity index (χ2n) is 4.43. The van der Waals surface area contributed by atoms with Crippen LogP contribution in [-0.4, -0.2) is 24.2 Å². The van der Waals surface area contributed by atoms with Gasteiger partial charge in [-0.15, -0.1) is 0 Å². The topological polar surface area (TPSA) is 48.4 Å². The molecule has 110 valence electrons. The Labute approximate surface area is 132 Å². The molecule has 0 spiro atoms. The first-order valence-corrected chi connectivity index (χ1v) is 7.46. The number of halogens is 1. The molecule has 5 heteroatoms. The Kier molecular flexibility index (Phi) is 6.22. The molecule has 4 nitrogen and oxygen atoms in total. The number of ether oxygens (including phenoxy) is 2. The zero-order chi connectivity index (χ0) is 14.9. The van der Waals surface area contributed by atoms with Crippen molar-refractivity contribution in [3.05, 3.63) is 58.8 Å². The van der Waals surface area contributed by atoms with Crippen LogP contribution in [0.15, 0.2) is 53.3 Å². The van der Waals surface area contributed by atoms with E-state index >= 15 is 0 Å². The van der Waals surface area contributed by atoms with Crippen molar-refractivity contribution < 1.29 is 14.3 Å². The molecule has 1 aromatic carbocycles. The van der Waals surface area contributed by atoms with Crippen LogP contribution >= 0.6 is 15.9 Å². The Morgan fingerprint density at radius 1 is 1.19 bits per heavy atom. The minimum Gasteiger partial charge on any atom is -0.482 e. The molecule has 0 amide bonds. The summed E-state index contributed by atoms with van der Waals surface area (Å²) in [6.07, 6.45) is 5.17.